The van der Waals surface area contributed by atoms with E-state index in [0.29, 0.717) is 0 Å². The summed E-state index contributed by atoms with van der Waals surface area (Å²) in [7, 11) is -7.55. The van der Waals surface area contributed by atoms with Gasteiger partial charge in [0.15, 0.2) is 9.84 Å². The normalized spacial score (nSPS) is 13.0. The first-order valence-electron chi connectivity index (χ1n) is 5.92. The summed E-state index contributed by atoms with van der Waals surface area (Å²) in [5.74, 6) is -0.750. The summed E-state index contributed by atoms with van der Waals surface area (Å²) in [6.07, 6.45) is 0.959. The molecule has 118 valence electrons. The van der Waals surface area contributed by atoms with E-state index in [0.717, 1.165) is 6.26 Å². The maximum Gasteiger partial charge on any atom is 0.245 e. The molecule has 0 spiro atoms. The monoisotopic (exact) mass is 334 g/mol. The molecule has 1 rings (SSSR count). The molecule has 0 aliphatic rings. The standard InChI is InChI=1S/C12H18N2O5S2/c1-8-9(6-5-7-10(8)21(13,18)19)14-11(15)12(2,3)20(4,16)17/h5-7H,1-4H3,(H,14,15)(H2,13,18,19). The summed E-state index contributed by atoms with van der Waals surface area (Å²) in [4.78, 5) is 12.0. The minimum atomic E-state index is -3.93. The highest BCUT2D eigenvalue weighted by atomic mass is 32.2. The number of carbonyl (C=O) groups is 1. The molecule has 21 heavy (non-hydrogen) atoms. The van der Waals surface area contributed by atoms with Gasteiger partial charge in [-0.3, -0.25) is 4.79 Å². The molecule has 0 bridgehead atoms. The van der Waals surface area contributed by atoms with Crippen molar-refractivity contribution in [3.05, 3.63) is 23.8 Å². The van der Waals surface area contributed by atoms with Crippen molar-refractivity contribution in [2.45, 2.75) is 30.4 Å². The molecule has 0 aromatic heterocycles. The van der Waals surface area contributed by atoms with E-state index in [1.165, 1.54) is 39.0 Å². The zero-order valence-corrected chi connectivity index (χ0v) is 13.8. The number of hydrogen-bond acceptors (Lipinski definition) is 5. The van der Waals surface area contributed by atoms with Crippen molar-refractivity contribution in [1.29, 1.82) is 0 Å². The van der Waals surface area contributed by atoms with Gasteiger partial charge in [0.25, 0.3) is 0 Å². The number of amides is 1. The number of sulfonamides is 1. The average Bonchev–Trinajstić information content (AvgIpc) is 2.28. The Kier molecular flexibility index (Phi) is 4.52. The first kappa shape index (κ1) is 17.6. The number of primary sulfonamides is 1. The van der Waals surface area contributed by atoms with Crippen LogP contribution in [0, 0.1) is 6.92 Å². The number of benzene rings is 1. The number of nitrogens with two attached hydrogens (primary N) is 1. The lowest BCUT2D eigenvalue weighted by atomic mass is 10.1. The molecule has 0 aliphatic carbocycles. The summed E-state index contributed by atoms with van der Waals surface area (Å²) >= 11 is 0. The van der Waals surface area contributed by atoms with Gasteiger partial charge in [0, 0.05) is 11.9 Å². The molecule has 0 aliphatic heterocycles. The number of anilines is 1. The molecule has 7 nitrogen and oxygen atoms in total. The van der Waals surface area contributed by atoms with Crippen LogP contribution in [0.5, 0.6) is 0 Å². The lowest BCUT2D eigenvalue weighted by Crippen LogP contribution is -2.44. The minimum Gasteiger partial charge on any atom is -0.324 e. The summed E-state index contributed by atoms with van der Waals surface area (Å²) in [6, 6.07) is 4.19. The van der Waals surface area contributed by atoms with E-state index in [4.69, 9.17) is 5.14 Å². The van der Waals surface area contributed by atoms with Gasteiger partial charge in [0.2, 0.25) is 15.9 Å². The largest absolute Gasteiger partial charge is 0.324 e. The second-order valence-corrected chi connectivity index (χ2v) is 9.31. The van der Waals surface area contributed by atoms with E-state index in [2.05, 4.69) is 5.32 Å². The third-order valence-corrected chi connectivity index (χ3v) is 6.41. The zero-order valence-electron chi connectivity index (χ0n) is 12.2. The molecule has 1 aromatic carbocycles. The summed E-state index contributed by atoms with van der Waals surface area (Å²) in [6.45, 7) is 4.02. The van der Waals surface area contributed by atoms with Crippen LogP contribution in [0.3, 0.4) is 0 Å². The highest BCUT2D eigenvalue weighted by molar-refractivity contribution is 7.92. The van der Waals surface area contributed by atoms with Gasteiger partial charge >= 0.3 is 0 Å². The van der Waals surface area contributed by atoms with Crippen molar-refractivity contribution in [2.75, 3.05) is 11.6 Å². The van der Waals surface area contributed by atoms with E-state index in [9.17, 15) is 21.6 Å². The van der Waals surface area contributed by atoms with Gasteiger partial charge in [0.1, 0.15) is 4.75 Å². The highest BCUT2D eigenvalue weighted by Crippen LogP contribution is 2.24. The molecule has 0 saturated heterocycles. The van der Waals surface area contributed by atoms with Crippen molar-refractivity contribution in [3.8, 4) is 0 Å². The summed E-state index contributed by atoms with van der Waals surface area (Å²) in [5, 5.41) is 7.51. The maximum absolute atomic E-state index is 12.1. The maximum atomic E-state index is 12.1. The lowest BCUT2D eigenvalue weighted by Gasteiger charge is -2.22. The van der Waals surface area contributed by atoms with Crippen molar-refractivity contribution < 1.29 is 21.6 Å². The van der Waals surface area contributed by atoms with E-state index < -0.39 is 30.5 Å². The van der Waals surface area contributed by atoms with Crippen molar-refractivity contribution >= 4 is 31.5 Å². The fraction of sp³-hybridized carbons (Fsp3) is 0.417. The number of carbonyl (C=O) groups excluding carboxylic acids is 1. The Morgan fingerprint density at radius 1 is 1.19 bits per heavy atom. The predicted octanol–water partition coefficient (Wildman–Crippen LogP) is 0.404. The number of nitrogens with one attached hydrogen (secondary N) is 1. The van der Waals surface area contributed by atoms with Crippen LogP contribution in [0.2, 0.25) is 0 Å². The van der Waals surface area contributed by atoms with Gasteiger partial charge in [-0.2, -0.15) is 0 Å². The van der Waals surface area contributed by atoms with Crippen LogP contribution >= 0.6 is 0 Å². The first-order chi connectivity index (χ1) is 9.28. The van der Waals surface area contributed by atoms with Crippen LogP contribution < -0.4 is 10.5 Å². The first-order valence-corrected chi connectivity index (χ1v) is 9.35. The van der Waals surface area contributed by atoms with Gasteiger partial charge in [-0.25, -0.2) is 22.0 Å². The molecule has 1 amide bonds. The van der Waals surface area contributed by atoms with Gasteiger partial charge in [-0.1, -0.05) is 6.07 Å². The third-order valence-electron chi connectivity index (χ3n) is 3.31. The fourth-order valence-electron chi connectivity index (χ4n) is 1.50. The Morgan fingerprint density at radius 3 is 2.14 bits per heavy atom. The summed E-state index contributed by atoms with van der Waals surface area (Å²) in [5.41, 5.74) is 0.445. The predicted molar refractivity (Wildman–Crippen MR) is 80.1 cm³/mol. The minimum absolute atomic E-state index is 0.127. The van der Waals surface area contributed by atoms with Crippen LogP contribution in [-0.4, -0.2) is 33.7 Å². The van der Waals surface area contributed by atoms with E-state index in [-0.39, 0.29) is 16.1 Å². The third kappa shape index (κ3) is 3.60. The Hall–Kier alpha value is -1.45. The Bertz CT molecular complexity index is 780. The molecule has 0 heterocycles. The molecule has 0 fully saturated rings. The molecule has 0 atom stereocenters. The molecular weight excluding hydrogens is 316 g/mol. The van der Waals surface area contributed by atoms with Crippen LogP contribution in [-0.2, 0) is 24.7 Å². The lowest BCUT2D eigenvalue weighted by molar-refractivity contribution is -0.117. The highest BCUT2D eigenvalue weighted by Gasteiger charge is 2.38. The zero-order chi connectivity index (χ0) is 16.6. The molecule has 0 unspecified atom stereocenters. The van der Waals surface area contributed by atoms with Gasteiger partial charge < -0.3 is 5.32 Å². The van der Waals surface area contributed by atoms with Crippen molar-refractivity contribution in [3.63, 3.8) is 0 Å². The quantitative estimate of drug-likeness (QED) is 0.825. The van der Waals surface area contributed by atoms with Crippen LogP contribution in [0.1, 0.15) is 19.4 Å². The molecule has 1 aromatic rings. The Labute approximate surface area is 124 Å². The van der Waals surface area contributed by atoms with E-state index in [1.54, 1.807) is 0 Å². The molecule has 0 saturated carbocycles. The van der Waals surface area contributed by atoms with E-state index >= 15 is 0 Å². The SMILES string of the molecule is Cc1c(NC(=O)C(C)(C)S(C)(=O)=O)cccc1S(N)(=O)=O. The number of hydrogen-bond donors (Lipinski definition) is 2. The smallest absolute Gasteiger partial charge is 0.245 e. The Morgan fingerprint density at radius 2 is 1.71 bits per heavy atom. The van der Waals surface area contributed by atoms with Crippen molar-refractivity contribution in [2.24, 2.45) is 5.14 Å². The second-order valence-electron chi connectivity index (χ2n) is 5.21. The van der Waals surface area contributed by atoms with Gasteiger partial charge in [-0.05, 0) is 38.5 Å². The topological polar surface area (TPSA) is 123 Å². The second kappa shape index (κ2) is 5.39. The number of rotatable bonds is 4. The van der Waals surface area contributed by atoms with E-state index in [1.807, 2.05) is 0 Å². The molecule has 3 N–H and O–H groups in total. The van der Waals surface area contributed by atoms with Crippen LogP contribution in [0.15, 0.2) is 23.1 Å². The van der Waals surface area contributed by atoms with Gasteiger partial charge in [0.05, 0.1) is 4.90 Å². The fourth-order valence-corrected chi connectivity index (χ4v) is 2.69. The summed E-state index contributed by atoms with van der Waals surface area (Å²) < 4.78 is 44.4. The molecule has 0 radical (unpaired) electrons. The molecular formula is C12H18N2O5S2. The molecule has 9 heteroatoms. The number of sulfone groups is 1. The van der Waals surface area contributed by atoms with Crippen molar-refractivity contribution in [1.82, 2.24) is 0 Å². The van der Waals surface area contributed by atoms with Crippen LogP contribution in [0.25, 0.3) is 0 Å². The van der Waals surface area contributed by atoms with Gasteiger partial charge in [-0.15, -0.1) is 0 Å². The van der Waals surface area contributed by atoms with Crippen LogP contribution in [0.4, 0.5) is 5.69 Å². The Balaban J connectivity index is 3.26. The average molecular weight is 334 g/mol.